The van der Waals surface area contributed by atoms with Gasteiger partial charge in [-0.15, -0.1) is 0 Å². The molecule has 0 saturated heterocycles. The van der Waals surface area contributed by atoms with Crippen molar-refractivity contribution in [3.63, 3.8) is 0 Å². The Bertz CT molecular complexity index is 1120. The van der Waals surface area contributed by atoms with E-state index in [4.69, 9.17) is 16.3 Å². The van der Waals surface area contributed by atoms with Gasteiger partial charge in [0, 0.05) is 10.6 Å². The predicted molar refractivity (Wildman–Crippen MR) is 113 cm³/mol. The van der Waals surface area contributed by atoms with Gasteiger partial charge in [0.1, 0.15) is 5.71 Å². The minimum Gasteiger partial charge on any atom is -0.465 e. The molecule has 3 aromatic rings. The predicted octanol–water partition coefficient (Wildman–Crippen LogP) is 4.79. The molecule has 0 aliphatic carbocycles. The van der Waals surface area contributed by atoms with E-state index in [-0.39, 0.29) is 5.91 Å². The first-order valence-electron chi connectivity index (χ1n) is 9.00. The average Bonchev–Trinajstić information content (AvgIpc) is 3.01. The molecule has 1 amide bonds. The van der Waals surface area contributed by atoms with Gasteiger partial charge in [0.25, 0.3) is 5.91 Å². The molecule has 0 fully saturated rings. The second-order valence-corrected chi connectivity index (χ2v) is 6.94. The molecule has 0 radical (unpaired) electrons. The molecule has 0 saturated carbocycles. The second kappa shape index (κ2) is 7.89. The smallest absolute Gasteiger partial charge is 0.340 e. The first kappa shape index (κ1) is 18.9. The van der Waals surface area contributed by atoms with Gasteiger partial charge >= 0.3 is 5.97 Å². The summed E-state index contributed by atoms with van der Waals surface area (Å²) in [5.74, 6) is -0.720. The van der Waals surface area contributed by atoms with Crippen LogP contribution >= 0.6 is 11.6 Å². The number of rotatable bonds is 4. The lowest BCUT2D eigenvalue weighted by molar-refractivity contribution is -0.112. The third-order valence-corrected chi connectivity index (χ3v) is 4.95. The van der Waals surface area contributed by atoms with Crippen LogP contribution in [0.5, 0.6) is 0 Å². The van der Waals surface area contributed by atoms with E-state index in [0.29, 0.717) is 28.5 Å². The summed E-state index contributed by atoms with van der Waals surface area (Å²) in [6.45, 7) is 0.394. The maximum absolute atomic E-state index is 13.2. The van der Waals surface area contributed by atoms with Crippen LogP contribution in [0.1, 0.15) is 21.5 Å². The van der Waals surface area contributed by atoms with Crippen LogP contribution in [-0.2, 0) is 16.1 Å². The van der Waals surface area contributed by atoms with E-state index >= 15 is 0 Å². The topological polar surface area (TPSA) is 59.0 Å². The number of amides is 1. The van der Waals surface area contributed by atoms with Crippen LogP contribution in [0.25, 0.3) is 0 Å². The number of carbonyl (C=O) groups excluding carboxylic acids is 2. The van der Waals surface area contributed by atoms with Gasteiger partial charge in [-0.25, -0.2) is 9.79 Å². The molecule has 1 aliphatic heterocycles. The lowest BCUT2D eigenvalue weighted by Crippen LogP contribution is -2.29. The van der Waals surface area contributed by atoms with E-state index in [9.17, 15) is 9.59 Å². The first-order valence-corrected chi connectivity index (χ1v) is 9.38. The monoisotopic (exact) mass is 404 g/mol. The van der Waals surface area contributed by atoms with E-state index in [1.165, 1.54) is 7.11 Å². The van der Waals surface area contributed by atoms with Gasteiger partial charge in [-0.05, 0) is 35.9 Å². The van der Waals surface area contributed by atoms with Crippen LogP contribution in [0.3, 0.4) is 0 Å². The summed E-state index contributed by atoms with van der Waals surface area (Å²) >= 11 is 5.97. The second-order valence-electron chi connectivity index (χ2n) is 6.50. The molecule has 0 bridgehead atoms. The minimum atomic E-state index is -0.498. The van der Waals surface area contributed by atoms with Crippen LogP contribution < -0.4 is 4.90 Å². The maximum atomic E-state index is 13.2. The summed E-state index contributed by atoms with van der Waals surface area (Å²) in [7, 11) is 1.32. The molecule has 0 atom stereocenters. The lowest BCUT2D eigenvalue weighted by Gasteiger charge is -2.17. The van der Waals surface area contributed by atoms with E-state index in [2.05, 4.69) is 4.99 Å². The Labute approximate surface area is 173 Å². The maximum Gasteiger partial charge on any atom is 0.340 e. The quantitative estimate of drug-likeness (QED) is 0.587. The summed E-state index contributed by atoms with van der Waals surface area (Å²) in [5.41, 5.74) is 3.46. The van der Waals surface area contributed by atoms with Crippen molar-refractivity contribution in [3.8, 4) is 0 Å². The Morgan fingerprint density at radius 1 is 1.00 bits per heavy atom. The summed E-state index contributed by atoms with van der Waals surface area (Å²) in [5, 5.41) is 0.642. The number of hydrogen-bond acceptors (Lipinski definition) is 4. The van der Waals surface area contributed by atoms with E-state index in [1.807, 2.05) is 36.4 Å². The van der Waals surface area contributed by atoms with Crippen molar-refractivity contribution < 1.29 is 14.3 Å². The molecule has 0 unspecified atom stereocenters. The number of ether oxygens (including phenoxy) is 1. The van der Waals surface area contributed by atoms with E-state index < -0.39 is 5.97 Å². The summed E-state index contributed by atoms with van der Waals surface area (Å²) < 4.78 is 4.83. The van der Waals surface area contributed by atoms with Crippen LogP contribution in [0.15, 0.2) is 77.8 Å². The van der Waals surface area contributed by atoms with Gasteiger partial charge in [0.15, 0.2) is 0 Å². The molecular weight excluding hydrogens is 388 g/mol. The molecule has 3 aromatic carbocycles. The number of aliphatic imine (C=N–C) groups is 1. The van der Waals surface area contributed by atoms with Crippen molar-refractivity contribution >= 4 is 40.6 Å². The molecule has 4 rings (SSSR count). The van der Waals surface area contributed by atoms with Gasteiger partial charge in [0.2, 0.25) is 0 Å². The SMILES string of the molecule is COC(=O)c1ccccc1N=C1C(=O)N(Cc2ccc(Cl)cc2)c2ccccc21. The molecule has 144 valence electrons. The van der Waals surface area contributed by atoms with Crippen molar-refractivity contribution in [2.75, 3.05) is 12.0 Å². The first-order chi connectivity index (χ1) is 14.1. The number of nitrogens with zero attached hydrogens (tertiary/aromatic N) is 2. The zero-order valence-electron chi connectivity index (χ0n) is 15.6. The van der Waals surface area contributed by atoms with Crippen LogP contribution in [-0.4, -0.2) is 24.7 Å². The molecule has 1 heterocycles. The third-order valence-electron chi connectivity index (χ3n) is 4.69. The Morgan fingerprint density at radius 2 is 1.69 bits per heavy atom. The van der Waals surface area contributed by atoms with E-state index in [0.717, 1.165) is 16.8 Å². The highest BCUT2D eigenvalue weighted by molar-refractivity contribution is 6.54. The highest BCUT2D eigenvalue weighted by Crippen LogP contribution is 2.33. The number of esters is 1. The van der Waals surface area contributed by atoms with Crippen molar-refractivity contribution in [2.24, 2.45) is 4.99 Å². The molecule has 0 N–H and O–H groups in total. The Morgan fingerprint density at radius 3 is 2.45 bits per heavy atom. The molecular formula is C23H17ClN2O3. The fraction of sp³-hybridized carbons (Fsp3) is 0.0870. The van der Waals surface area contributed by atoms with Gasteiger partial charge in [-0.3, -0.25) is 4.79 Å². The Balaban J connectivity index is 1.76. The molecule has 0 aromatic heterocycles. The zero-order chi connectivity index (χ0) is 20.4. The molecule has 1 aliphatic rings. The van der Waals surface area contributed by atoms with Crippen LogP contribution in [0, 0.1) is 0 Å². The standard InChI is InChI=1S/C23H17ClN2O3/c1-29-23(28)17-6-2-4-8-19(17)25-21-18-7-3-5-9-20(18)26(22(21)27)14-15-10-12-16(24)13-11-15/h2-13H,14H2,1H3. The van der Waals surface area contributed by atoms with Gasteiger partial charge in [-0.2, -0.15) is 0 Å². The number of carbonyl (C=O) groups is 2. The minimum absolute atomic E-state index is 0.221. The molecule has 6 heteroatoms. The molecule has 29 heavy (non-hydrogen) atoms. The zero-order valence-corrected chi connectivity index (χ0v) is 16.4. The number of methoxy groups -OCH3 is 1. The third kappa shape index (κ3) is 3.65. The van der Waals surface area contributed by atoms with Crippen molar-refractivity contribution in [2.45, 2.75) is 6.54 Å². The summed E-state index contributed by atoms with van der Waals surface area (Å²) in [6.07, 6.45) is 0. The van der Waals surface area contributed by atoms with Crippen molar-refractivity contribution in [3.05, 3.63) is 94.5 Å². The van der Waals surface area contributed by atoms with Crippen molar-refractivity contribution in [1.29, 1.82) is 0 Å². The normalized spacial score (nSPS) is 14.2. The lowest BCUT2D eigenvalue weighted by atomic mass is 10.1. The number of fused-ring (bicyclic) bond motifs is 1. The highest BCUT2D eigenvalue weighted by atomic mass is 35.5. The molecule has 5 nitrogen and oxygen atoms in total. The number of para-hydroxylation sites is 2. The summed E-state index contributed by atoms with van der Waals surface area (Å²) in [6, 6.07) is 21.7. The Kier molecular flexibility index (Phi) is 5.14. The van der Waals surface area contributed by atoms with Gasteiger partial charge in [-0.1, -0.05) is 54.1 Å². The fourth-order valence-electron chi connectivity index (χ4n) is 3.27. The van der Waals surface area contributed by atoms with E-state index in [1.54, 1.807) is 41.3 Å². The number of anilines is 1. The van der Waals surface area contributed by atoms with Crippen molar-refractivity contribution in [1.82, 2.24) is 0 Å². The number of halogens is 1. The molecule has 0 spiro atoms. The summed E-state index contributed by atoms with van der Waals surface area (Å²) in [4.78, 5) is 31.5. The fourth-order valence-corrected chi connectivity index (χ4v) is 3.40. The van der Waals surface area contributed by atoms with Gasteiger partial charge in [0.05, 0.1) is 30.6 Å². The number of hydrogen-bond donors (Lipinski definition) is 0. The largest absolute Gasteiger partial charge is 0.465 e. The highest BCUT2D eigenvalue weighted by Gasteiger charge is 2.34. The average molecular weight is 405 g/mol. The Hall–Kier alpha value is -3.44. The van der Waals surface area contributed by atoms with Gasteiger partial charge < -0.3 is 9.64 Å². The van der Waals surface area contributed by atoms with Crippen LogP contribution in [0.2, 0.25) is 5.02 Å². The van der Waals surface area contributed by atoms with Crippen LogP contribution in [0.4, 0.5) is 11.4 Å². The number of benzene rings is 3.